The average Bonchev–Trinajstić information content (AvgIpc) is 2.41. The first-order valence-corrected chi connectivity index (χ1v) is 9.18. The summed E-state index contributed by atoms with van der Waals surface area (Å²) in [6.07, 6.45) is 15.5. The molecule has 0 aromatic rings. The van der Waals surface area contributed by atoms with Crippen molar-refractivity contribution in [3.8, 4) is 0 Å². The third-order valence-corrected chi connectivity index (χ3v) is 5.02. The predicted octanol–water partition coefficient (Wildman–Crippen LogP) is 5.16. The number of hydrogen-bond donors (Lipinski definition) is 1. The predicted molar refractivity (Wildman–Crippen MR) is 90.2 cm³/mol. The van der Waals surface area contributed by atoms with Crippen LogP contribution in [-0.2, 0) is 0 Å². The minimum absolute atomic E-state index is 0.874. The lowest BCUT2D eigenvalue weighted by atomic mass is 9.86. The molecule has 1 fully saturated rings. The van der Waals surface area contributed by atoms with Crippen LogP contribution in [0.5, 0.6) is 0 Å². The molecule has 0 saturated heterocycles. The summed E-state index contributed by atoms with van der Waals surface area (Å²) < 4.78 is 0. The van der Waals surface area contributed by atoms with E-state index >= 15 is 0 Å². The van der Waals surface area contributed by atoms with Crippen molar-refractivity contribution in [3.05, 3.63) is 0 Å². The third-order valence-electron chi connectivity index (χ3n) is 4.70. The van der Waals surface area contributed by atoms with Crippen molar-refractivity contribution in [2.45, 2.75) is 83.6 Å². The van der Waals surface area contributed by atoms with Crippen LogP contribution >= 0.6 is 12.6 Å². The van der Waals surface area contributed by atoms with Gasteiger partial charge in [-0.1, -0.05) is 51.9 Å². The zero-order valence-electron chi connectivity index (χ0n) is 13.2. The maximum Gasteiger partial charge on any atom is 0.00947 e. The summed E-state index contributed by atoms with van der Waals surface area (Å²) in [5.74, 6) is 2.01. The summed E-state index contributed by atoms with van der Waals surface area (Å²) in [5.41, 5.74) is 0. The smallest absolute Gasteiger partial charge is 0.00947 e. The molecule has 2 unspecified atom stereocenters. The molecule has 0 amide bonds. The minimum Gasteiger partial charge on any atom is -0.303 e. The number of hydrogen-bond acceptors (Lipinski definition) is 2. The molecule has 1 aliphatic rings. The van der Waals surface area contributed by atoms with Crippen molar-refractivity contribution in [1.82, 2.24) is 4.90 Å². The second kappa shape index (κ2) is 11.0. The lowest BCUT2D eigenvalue weighted by Gasteiger charge is -2.34. The van der Waals surface area contributed by atoms with Crippen molar-refractivity contribution >= 4 is 12.6 Å². The van der Waals surface area contributed by atoms with E-state index in [0.29, 0.717) is 0 Å². The molecule has 0 aromatic carbocycles. The third kappa shape index (κ3) is 8.24. The van der Waals surface area contributed by atoms with Gasteiger partial charge in [0.05, 0.1) is 0 Å². The zero-order chi connectivity index (χ0) is 13.9. The van der Waals surface area contributed by atoms with Crippen LogP contribution in [0, 0.1) is 5.92 Å². The van der Waals surface area contributed by atoms with E-state index in [9.17, 15) is 0 Å². The highest BCUT2D eigenvalue weighted by atomic mass is 32.1. The van der Waals surface area contributed by atoms with Crippen LogP contribution in [0.15, 0.2) is 0 Å². The fourth-order valence-electron chi connectivity index (χ4n) is 3.34. The van der Waals surface area contributed by atoms with Crippen molar-refractivity contribution in [2.24, 2.45) is 5.92 Å². The Labute approximate surface area is 126 Å². The molecule has 0 aliphatic heterocycles. The van der Waals surface area contributed by atoms with Gasteiger partial charge in [-0.25, -0.2) is 0 Å². The topological polar surface area (TPSA) is 3.24 Å². The molecule has 1 aliphatic carbocycles. The van der Waals surface area contributed by atoms with Gasteiger partial charge in [-0.3, -0.25) is 0 Å². The zero-order valence-corrected chi connectivity index (χ0v) is 14.1. The SMILES string of the molecule is CC1CCCC(N(C)CCCCCCCCCS)C1. The van der Waals surface area contributed by atoms with E-state index in [-0.39, 0.29) is 0 Å². The molecule has 0 radical (unpaired) electrons. The van der Waals surface area contributed by atoms with Crippen molar-refractivity contribution in [2.75, 3.05) is 19.3 Å². The quantitative estimate of drug-likeness (QED) is 0.429. The van der Waals surface area contributed by atoms with Crippen LogP contribution in [0.1, 0.15) is 77.6 Å². The van der Waals surface area contributed by atoms with Crippen LogP contribution in [0.3, 0.4) is 0 Å². The number of unbranched alkanes of at least 4 members (excludes halogenated alkanes) is 6. The summed E-state index contributed by atoms with van der Waals surface area (Å²) in [6, 6.07) is 0.874. The van der Waals surface area contributed by atoms with Crippen LogP contribution < -0.4 is 0 Å². The van der Waals surface area contributed by atoms with E-state index in [1.54, 1.807) is 0 Å². The highest BCUT2D eigenvalue weighted by molar-refractivity contribution is 7.80. The molecule has 0 bridgehead atoms. The van der Waals surface area contributed by atoms with Crippen molar-refractivity contribution in [3.63, 3.8) is 0 Å². The second-order valence-electron chi connectivity index (χ2n) is 6.60. The standard InChI is InChI=1S/C17H35NS/c1-16-11-10-12-17(15-16)18(2)13-8-6-4-3-5-7-9-14-19/h16-17,19H,3-15H2,1-2H3. The van der Waals surface area contributed by atoms with E-state index in [2.05, 4.69) is 31.5 Å². The van der Waals surface area contributed by atoms with Gasteiger partial charge in [-0.05, 0) is 50.9 Å². The van der Waals surface area contributed by atoms with Gasteiger partial charge in [0, 0.05) is 6.04 Å². The van der Waals surface area contributed by atoms with Crippen LogP contribution in [0.4, 0.5) is 0 Å². The van der Waals surface area contributed by atoms with E-state index in [1.807, 2.05) is 0 Å². The number of thiol groups is 1. The monoisotopic (exact) mass is 285 g/mol. The summed E-state index contributed by atoms with van der Waals surface area (Å²) in [6.45, 7) is 3.73. The normalized spacial score (nSPS) is 24.0. The first-order chi connectivity index (χ1) is 9.24. The van der Waals surface area contributed by atoms with Gasteiger partial charge < -0.3 is 4.90 Å². The Morgan fingerprint density at radius 2 is 1.58 bits per heavy atom. The van der Waals surface area contributed by atoms with E-state index < -0.39 is 0 Å². The Kier molecular flexibility index (Phi) is 10.1. The Hall–Kier alpha value is 0.310. The molecule has 2 atom stereocenters. The summed E-state index contributed by atoms with van der Waals surface area (Å²) in [7, 11) is 2.34. The summed E-state index contributed by atoms with van der Waals surface area (Å²) in [5, 5.41) is 0. The summed E-state index contributed by atoms with van der Waals surface area (Å²) in [4.78, 5) is 2.64. The van der Waals surface area contributed by atoms with Crippen LogP contribution in [0.25, 0.3) is 0 Å². The molecule has 114 valence electrons. The maximum atomic E-state index is 4.25. The van der Waals surface area contributed by atoms with Gasteiger partial charge in [-0.15, -0.1) is 0 Å². The fourth-order valence-corrected chi connectivity index (χ4v) is 3.57. The number of nitrogens with zero attached hydrogens (tertiary/aromatic N) is 1. The molecule has 2 heteroatoms. The van der Waals surface area contributed by atoms with Gasteiger partial charge >= 0.3 is 0 Å². The molecule has 0 spiro atoms. The Balaban J connectivity index is 1.93. The molecule has 19 heavy (non-hydrogen) atoms. The molecule has 1 rings (SSSR count). The molecule has 1 saturated carbocycles. The maximum absolute atomic E-state index is 4.25. The van der Waals surface area contributed by atoms with Gasteiger partial charge in [0.15, 0.2) is 0 Å². The van der Waals surface area contributed by atoms with Gasteiger partial charge in [-0.2, -0.15) is 12.6 Å². The largest absolute Gasteiger partial charge is 0.303 e. The van der Waals surface area contributed by atoms with E-state index in [1.165, 1.54) is 77.2 Å². The second-order valence-corrected chi connectivity index (χ2v) is 7.05. The van der Waals surface area contributed by atoms with Gasteiger partial charge in [0.25, 0.3) is 0 Å². The molecular formula is C17H35NS. The van der Waals surface area contributed by atoms with Crippen molar-refractivity contribution in [1.29, 1.82) is 0 Å². The first kappa shape index (κ1) is 17.4. The van der Waals surface area contributed by atoms with Crippen LogP contribution in [0.2, 0.25) is 0 Å². The Morgan fingerprint density at radius 3 is 2.21 bits per heavy atom. The summed E-state index contributed by atoms with van der Waals surface area (Å²) >= 11 is 4.25. The van der Waals surface area contributed by atoms with Gasteiger partial charge in [0.1, 0.15) is 0 Å². The molecule has 1 nitrogen and oxygen atoms in total. The first-order valence-electron chi connectivity index (χ1n) is 8.55. The average molecular weight is 286 g/mol. The highest BCUT2D eigenvalue weighted by Gasteiger charge is 2.21. The lowest BCUT2D eigenvalue weighted by molar-refractivity contribution is 0.161. The highest BCUT2D eigenvalue weighted by Crippen LogP contribution is 2.26. The van der Waals surface area contributed by atoms with E-state index in [4.69, 9.17) is 0 Å². The van der Waals surface area contributed by atoms with E-state index in [0.717, 1.165) is 17.7 Å². The Morgan fingerprint density at radius 1 is 0.947 bits per heavy atom. The molecular weight excluding hydrogens is 250 g/mol. The lowest BCUT2D eigenvalue weighted by Crippen LogP contribution is -2.36. The minimum atomic E-state index is 0.874. The Bertz CT molecular complexity index is 207. The van der Waals surface area contributed by atoms with Crippen molar-refractivity contribution < 1.29 is 0 Å². The van der Waals surface area contributed by atoms with Gasteiger partial charge in [0.2, 0.25) is 0 Å². The fraction of sp³-hybridized carbons (Fsp3) is 1.00. The van der Waals surface area contributed by atoms with Crippen LogP contribution in [-0.4, -0.2) is 30.3 Å². The molecule has 0 aromatic heterocycles. The molecule has 0 heterocycles. The number of rotatable bonds is 10. The molecule has 0 N–H and O–H groups in total.